The van der Waals surface area contributed by atoms with Gasteiger partial charge in [-0.05, 0) is 37.2 Å². The monoisotopic (exact) mass is 309 g/mol. The topological polar surface area (TPSA) is 12.0 Å². The largest absolute Gasteiger partial charge is 0.313 e. The highest BCUT2D eigenvalue weighted by atomic mass is 35.5. The summed E-state index contributed by atoms with van der Waals surface area (Å²) >= 11 is 7.66. The molecule has 106 valence electrons. The van der Waals surface area contributed by atoms with E-state index in [0.29, 0.717) is 17.1 Å². The van der Waals surface area contributed by atoms with Crippen LogP contribution in [0, 0.1) is 5.82 Å². The molecule has 2 aromatic carbocycles. The lowest BCUT2D eigenvalue weighted by atomic mass is 10.2. The highest BCUT2D eigenvalue weighted by Crippen LogP contribution is 2.35. The van der Waals surface area contributed by atoms with Crippen molar-refractivity contribution in [2.75, 3.05) is 6.54 Å². The zero-order chi connectivity index (χ0) is 14.4. The Hall–Kier alpha value is -1.03. The average Bonchev–Trinajstić information content (AvgIpc) is 2.44. The summed E-state index contributed by atoms with van der Waals surface area (Å²) < 4.78 is 14.0. The van der Waals surface area contributed by atoms with Crippen LogP contribution in [0.2, 0.25) is 5.02 Å². The van der Waals surface area contributed by atoms with Crippen molar-refractivity contribution in [1.82, 2.24) is 5.32 Å². The Morgan fingerprint density at radius 2 is 1.85 bits per heavy atom. The molecule has 0 fully saturated rings. The van der Waals surface area contributed by atoms with Gasteiger partial charge in [-0.2, -0.15) is 0 Å². The minimum absolute atomic E-state index is 0.175. The number of rotatable bonds is 6. The molecule has 4 heteroatoms. The Balaban J connectivity index is 2.23. The van der Waals surface area contributed by atoms with Crippen molar-refractivity contribution in [3.63, 3.8) is 0 Å². The summed E-state index contributed by atoms with van der Waals surface area (Å²) in [5, 5.41) is 3.94. The second-order valence-electron chi connectivity index (χ2n) is 4.43. The Morgan fingerprint density at radius 3 is 2.60 bits per heavy atom. The van der Waals surface area contributed by atoms with Gasteiger partial charge in [0.05, 0.1) is 5.02 Å². The van der Waals surface area contributed by atoms with Crippen LogP contribution in [0.3, 0.4) is 0 Å². The van der Waals surface area contributed by atoms with Crippen LogP contribution < -0.4 is 5.32 Å². The van der Waals surface area contributed by atoms with Crippen molar-refractivity contribution in [3.05, 3.63) is 58.9 Å². The van der Waals surface area contributed by atoms with Crippen molar-refractivity contribution in [2.45, 2.75) is 29.7 Å². The van der Waals surface area contributed by atoms with E-state index in [0.717, 1.165) is 22.8 Å². The summed E-state index contributed by atoms with van der Waals surface area (Å²) in [5.74, 6) is -0.175. The lowest BCUT2D eigenvalue weighted by Crippen LogP contribution is -2.15. The molecule has 0 aliphatic heterocycles. The summed E-state index contributed by atoms with van der Waals surface area (Å²) in [7, 11) is 0. The van der Waals surface area contributed by atoms with Gasteiger partial charge in [0.25, 0.3) is 0 Å². The van der Waals surface area contributed by atoms with Crippen LogP contribution in [-0.2, 0) is 6.54 Å². The molecule has 0 radical (unpaired) electrons. The number of halogens is 2. The lowest BCUT2D eigenvalue weighted by molar-refractivity contribution is 0.578. The summed E-state index contributed by atoms with van der Waals surface area (Å²) in [6.45, 7) is 3.51. The number of nitrogens with one attached hydrogen (secondary N) is 1. The Morgan fingerprint density at radius 1 is 1.10 bits per heavy atom. The average molecular weight is 310 g/mol. The van der Waals surface area contributed by atoms with Crippen molar-refractivity contribution in [2.24, 2.45) is 0 Å². The van der Waals surface area contributed by atoms with E-state index in [-0.39, 0.29) is 5.82 Å². The first-order valence-electron chi connectivity index (χ1n) is 6.63. The Bertz CT molecular complexity index is 574. The predicted octanol–water partition coefficient (Wildman–Crippen LogP) is 5.13. The molecule has 0 amide bonds. The predicted molar refractivity (Wildman–Crippen MR) is 84.0 cm³/mol. The van der Waals surface area contributed by atoms with Gasteiger partial charge in [0.2, 0.25) is 0 Å². The van der Waals surface area contributed by atoms with Crippen molar-refractivity contribution >= 4 is 23.4 Å². The lowest BCUT2D eigenvalue weighted by Gasteiger charge is -2.11. The molecule has 2 aromatic rings. The molecule has 0 heterocycles. The fourth-order valence-corrected chi connectivity index (χ4v) is 3.08. The molecule has 0 unspecified atom stereocenters. The Labute approximate surface area is 128 Å². The van der Waals surface area contributed by atoms with E-state index in [2.05, 4.69) is 12.2 Å². The van der Waals surface area contributed by atoms with E-state index in [4.69, 9.17) is 11.6 Å². The zero-order valence-electron chi connectivity index (χ0n) is 11.3. The number of benzene rings is 2. The van der Waals surface area contributed by atoms with Crippen LogP contribution in [0.15, 0.2) is 52.3 Å². The maximum absolute atomic E-state index is 14.0. The Kier molecular flexibility index (Phi) is 5.89. The maximum atomic E-state index is 14.0. The molecule has 1 N–H and O–H groups in total. The van der Waals surface area contributed by atoms with E-state index >= 15 is 0 Å². The molecule has 0 aromatic heterocycles. The van der Waals surface area contributed by atoms with Gasteiger partial charge in [-0.1, -0.05) is 48.5 Å². The molecule has 0 aliphatic rings. The van der Waals surface area contributed by atoms with Gasteiger partial charge in [0.1, 0.15) is 5.82 Å². The fourth-order valence-electron chi connectivity index (χ4n) is 1.84. The van der Waals surface area contributed by atoms with Crippen molar-refractivity contribution in [3.8, 4) is 0 Å². The van der Waals surface area contributed by atoms with Crippen LogP contribution in [0.1, 0.15) is 18.9 Å². The normalized spacial score (nSPS) is 10.8. The van der Waals surface area contributed by atoms with E-state index in [1.165, 1.54) is 17.8 Å². The second-order valence-corrected chi connectivity index (χ2v) is 5.92. The van der Waals surface area contributed by atoms with Crippen LogP contribution >= 0.6 is 23.4 Å². The van der Waals surface area contributed by atoms with Crippen LogP contribution in [-0.4, -0.2) is 6.54 Å². The third kappa shape index (κ3) is 3.98. The molecule has 0 atom stereocenters. The van der Waals surface area contributed by atoms with E-state index < -0.39 is 0 Å². The van der Waals surface area contributed by atoms with Crippen LogP contribution in [0.4, 0.5) is 4.39 Å². The molecular formula is C16H17ClFNS. The third-order valence-electron chi connectivity index (χ3n) is 2.86. The number of hydrogen-bond acceptors (Lipinski definition) is 2. The summed E-state index contributed by atoms with van der Waals surface area (Å²) in [4.78, 5) is 1.85. The molecule has 0 bridgehead atoms. The van der Waals surface area contributed by atoms with Gasteiger partial charge in [-0.25, -0.2) is 4.39 Å². The first kappa shape index (κ1) is 15.4. The highest BCUT2D eigenvalue weighted by molar-refractivity contribution is 7.99. The van der Waals surface area contributed by atoms with Gasteiger partial charge < -0.3 is 5.32 Å². The van der Waals surface area contributed by atoms with E-state index in [1.54, 1.807) is 6.07 Å². The van der Waals surface area contributed by atoms with Crippen molar-refractivity contribution in [1.29, 1.82) is 0 Å². The SMILES string of the molecule is CCCNCc1c(F)cccc1Sc1ccccc1Cl. The smallest absolute Gasteiger partial charge is 0.128 e. The van der Waals surface area contributed by atoms with Gasteiger partial charge in [-0.3, -0.25) is 0 Å². The summed E-state index contributed by atoms with van der Waals surface area (Å²) in [6.07, 6.45) is 1.03. The van der Waals surface area contributed by atoms with Gasteiger partial charge in [0, 0.05) is 21.9 Å². The molecule has 0 saturated heterocycles. The maximum Gasteiger partial charge on any atom is 0.128 e. The van der Waals surface area contributed by atoms with Gasteiger partial charge >= 0.3 is 0 Å². The third-order valence-corrected chi connectivity index (χ3v) is 4.48. The minimum atomic E-state index is -0.175. The van der Waals surface area contributed by atoms with Crippen LogP contribution in [0.25, 0.3) is 0 Å². The molecule has 0 spiro atoms. The summed E-state index contributed by atoms with van der Waals surface area (Å²) in [5.41, 5.74) is 0.700. The summed E-state index contributed by atoms with van der Waals surface area (Å²) in [6, 6.07) is 12.8. The molecule has 20 heavy (non-hydrogen) atoms. The van der Waals surface area contributed by atoms with Crippen LogP contribution in [0.5, 0.6) is 0 Å². The first-order chi connectivity index (χ1) is 9.72. The fraction of sp³-hybridized carbons (Fsp3) is 0.250. The van der Waals surface area contributed by atoms with Gasteiger partial charge in [-0.15, -0.1) is 0 Å². The van der Waals surface area contributed by atoms with Gasteiger partial charge in [0.15, 0.2) is 0 Å². The molecular weight excluding hydrogens is 293 g/mol. The molecule has 0 saturated carbocycles. The quantitative estimate of drug-likeness (QED) is 0.742. The van der Waals surface area contributed by atoms with Crippen molar-refractivity contribution < 1.29 is 4.39 Å². The standard InChI is InChI=1S/C16H17ClFNS/c1-2-10-19-11-12-14(18)7-5-9-15(12)20-16-8-4-3-6-13(16)17/h3-9,19H,2,10-11H2,1H3. The minimum Gasteiger partial charge on any atom is -0.313 e. The number of hydrogen-bond donors (Lipinski definition) is 1. The highest BCUT2D eigenvalue weighted by Gasteiger charge is 2.10. The zero-order valence-corrected chi connectivity index (χ0v) is 12.9. The molecule has 0 aliphatic carbocycles. The molecule has 1 nitrogen and oxygen atoms in total. The van der Waals surface area contributed by atoms with E-state index in [1.807, 2.05) is 30.3 Å². The van der Waals surface area contributed by atoms with E-state index in [9.17, 15) is 4.39 Å². The second kappa shape index (κ2) is 7.67. The molecule has 2 rings (SSSR count). The first-order valence-corrected chi connectivity index (χ1v) is 7.82.